The number of hydrogen-bond acceptors (Lipinski definition) is 4. The first-order valence-corrected chi connectivity index (χ1v) is 5.50. The molecule has 16 heavy (non-hydrogen) atoms. The van der Waals surface area contributed by atoms with E-state index in [-0.39, 0.29) is 6.54 Å². The Morgan fingerprint density at radius 2 is 1.94 bits per heavy atom. The van der Waals surface area contributed by atoms with E-state index in [9.17, 15) is 5.11 Å². The van der Waals surface area contributed by atoms with Gasteiger partial charge in [-0.25, -0.2) is 0 Å². The molecule has 0 aliphatic heterocycles. The molecule has 0 spiro atoms. The summed E-state index contributed by atoms with van der Waals surface area (Å²) in [6, 6.07) is 5.37. The minimum atomic E-state index is -0.697. The van der Waals surface area contributed by atoms with Crippen molar-refractivity contribution in [3.63, 3.8) is 0 Å². The topological polar surface area (TPSA) is 64.7 Å². The largest absolute Gasteiger partial charge is 0.494 e. The van der Waals surface area contributed by atoms with Crippen LogP contribution >= 0.6 is 0 Å². The van der Waals surface area contributed by atoms with E-state index < -0.39 is 6.10 Å². The molecule has 0 saturated heterocycles. The van der Waals surface area contributed by atoms with E-state index in [4.69, 9.17) is 15.2 Å². The molecular formula is C12H19NO3. The van der Waals surface area contributed by atoms with Gasteiger partial charge in [0, 0.05) is 18.2 Å². The average Bonchev–Trinajstić information content (AvgIpc) is 2.29. The highest BCUT2D eigenvalue weighted by Crippen LogP contribution is 2.29. The van der Waals surface area contributed by atoms with Gasteiger partial charge in [0.15, 0.2) is 0 Å². The van der Waals surface area contributed by atoms with Crippen molar-refractivity contribution in [1.82, 2.24) is 0 Å². The van der Waals surface area contributed by atoms with Gasteiger partial charge in [0.05, 0.1) is 19.3 Å². The number of ether oxygens (including phenoxy) is 2. The zero-order valence-corrected chi connectivity index (χ0v) is 9.77. The molecule has 0 bridgehead atoms. The van der Waals surface area contributed by atoms with Gasteiger partial charge in [-0.2, -0.15) is 0 Å². The summed E-state index contributed by atoms with van der Waals surface area (Å²) in [4.78, 5) is 0. The highest BCUT2D eigenvalue weighted by atomic mass is 16.5. The average molecular weight is 225 g/mol. The summed E-state index contributed by atoms with van der Waals surface area (Å²) in [7, 11) is 0. The van der Waals surface area contributed by atoms with Crippen molar-refractivity contribution in [3.05, 3.63) is 23.8 Å². The van der Waals surface area contributed by atoms with Crippen LogP contribution in [0.25, 0.3) is 0 Å². The van der Waals surface area contributed by atoms with Crippen LogP contribution in [0.5, 0.6) is 11.5 Å². The van der Waals surface area contributed by atoms with Crippen molar-refractivity contribution in [3.8, 4) is 11.5 Å². The Morgan fingerprint density at radius 3 is 2.50 bits per heavy atom. The highest BCUT2D eigenvalue weighted by molar-refractivity contribution is 5.42. The van der Waals surface area contributed by atoms with Crippen molar-refractivity contribution >= 4 is 0 Å². The van der Waals surface area contributed by atoms with Crippen molar-refractivity contribution in [2.75, 3.05) is 19.8 Å². The second kappa shape index (κ2) is 6.35. The Balaban J connectivity index is 2.98. The molecule has 0 radical (unpaired) electrons. The third-order valence-corrected chi connectivity index (χ3v) is 2.18. The third-order valence-electron chi connectivity index (χ3n) is 2.18. The minimum Gasteiger partial charge on any atom is -0.494 e. The zero-order chi connectivity index (χ0) is 12.0. The molecule has 0 fully saturated rings. The molecule has 0 saturated carbocycles. The Labute approximate surface area is 96.0 Å². The second-order valence-electron chi connectivity index (χ2n) is 3.32. The highest BCUT2D eigenvalue weighted by Gasteiger charge is 2.12. The molecule has 0 aromatic heterocycles. The van der Waals surface area contributed by atoms with E-state index in [1.54, 1.807) is 18.2 Å². The summed E-state index contributed by atoms with van der Waals surface area (Å²) in [6.45, 7) is 5.13. The summed E-state index contributed by atoms with van der Waals surface area (Å²) in [5.41, 5.74) is 6.13. The van der Waals surface area contributed by atoms with E-state index in [1.807, 2.05) is 13.8 Å². The van der Waals surface area contributed by atoms with Crippen LogP contribution in [-0.4, -0.2) is 24.9 Å². The van der Waals surface area contributed by atoms with Crippen molar-refractivity contribution in [1.29, 1.82) is 0 Å². The molecule has 4 nitrogen and oxygen atoms in total. The Hall–Kier alpha value is -1.26. The fourth-order valence-electron chi connectivity index (χ4n) is 1.45. The van der Waals surface area contributed by atoms with Gasteiger partial charge in [0.2, 0.25) is 0 Å². The molecule has 90 valence electrons. The van der Waals surface area contributed by atoms with Crippen molar-refractivity contribution in [2.45, 2.75) is 20.0 Å². The molecule has 0 unspecified atom stereocenters. The predicted octanol–water partition coefficient (Wildman–Crippen LogP) is 1.48. The van der Waals surface area contributed by atoms with Gasteiger partial charge in [0.1, 0.15) is 11.5 Å². The van der Waals surface area contributed by atoms with Gasteiger partial charge in [-0.15, -0.1) is 0 Å². The van der Waals surface area contributed by atoms with E-state index in [0.717, 1.165) is 5.75 Å². The maximum Gasteiger partial charge on any atom is 0.128 e. The molecule has 0 heterocycles. The second-order valence-corrected chi connectivity index (χ2v) is 3.32. The summed E-state index contributed by atoms with van der Waals surface area (Å²) in [5.74, 6) is 1.37. The Morgan fingerprint density at radius 1 is 1.25 bits per heavy atom. The molecule has 1 aromatic rings. The van der Waals surface area contributed by atoms with Gasteiger partial charge in [0.25, 0.3) is 0 Å². The number of hydrogen-bond donors (Lipinski definition) is 2. The number of nitrogens with two attached hydrogens (primary N) is 1. The fourth-order valence-corrected chi connectivity index (χ4v) is 1.45. The lowest BCUT2D eigenvalue weighted by atomic mass is 10.1. The zero-order valence-electron chi connectivity index (χ0n) is 9.77. The van der Waals surface area contributed by atoms with E-state index in [2.05, 4.69) is 0 Å². The van der Waals surface area contributed by atoms with E-state index >= 15 is 0 Å². The van der Waals surface area contributed by atoms with Crippen LogP contribution in [0.1, 0.15) is 25.5 Å². The standard InChI is InChI=1S/C12H19NO3/c1-3-15-9-5-6-10(11(14)8-13)12(7-9)16-4-2/h5-7,11,14H,3-4,8,13H2,1-2H3/t11-/m0/s1. The van der Waals surface area contributed by atoms with Crippen LogP contribution in [0.15, 0.2) is 18.2 Å². The summed E-state index contributed by atoms with van der Waals surface area (Å²) < 4.78 is 10.8. The van der Waals surface area contributed by atoms with Gasteiger partial charge < -0.3 is 20.3 Å². The lowest BCUT2D eigenvalue weighted by Gasteiger charge is -2.15. The maximum atomic E-state index is 9.71. The molecule has 1 rings (SSSR count). The van der Waals surface area contributed by atoms with E-state index in [1.165, 1.54) is 0 Å². The monoisotopic (exact) mass is 225 g/mol. The van der Waals surface area contributed by atoms with Crippen LogP contribution in [0, 0.1) is 0 Å². The molecule has 4 heteroatoms. The van der Waals surface area contributed by atoms with Crippen molar-refractivity contribution < 1.29 is 14.6 Å². The van der Waals surface area contributed by atoms with E-state index in [0.29, 0.717) is 24.5 Å². The fraction of sp³-hybridized carbons (Fsp3) is 0.500. The lowest BCUT2D eigenvalue weighted by Crippen LogP contribution is -2.13. The molecule has 0 aliphatic carbocycles. The van der Waals surface area contributed by atoms with Gasteiger partial charge in [-0.05, 0) is 26.0 Å². The third kappa shape index (κ3) is 3.12. The molecule has 1 aromatic carbocycles. The SMILES string of the molecule is CCOc1ccc([C@@H](O)CN)c(OCC)c1. The Bertz CT molecular complexity index is 328. The summed E-state index contributed by atoms with van der Waals surface area (Å²) >= 11 is 0. The summed E-state index contributed by atoms with van der Waals surface area (Å²) in [5, 5.41) is 9.71. The molecule has 3 N–H and O–H groups in total. The number of aliphatic hydroxyl groups excluding tert-OH is 1. The molecular weight excluding hydrogens is 206 g/mol. The Kier molecular flexibility index (Phi) is 5.08. The maximum absolute atomic E-state index is 9.71. The van der Waals surface area contributed by atoms with Gasteiger partial charge >= 0.3 is 0 Å². The smallest absolute Gasteiger partial charge is 0.128 e. The van der Waals surface area contributed by atoms with Crippen LogP contribution in [-0.2, 0) is 0 Å². The van der Waals surface area contributed by atoms with Crippen molar-refractivity contribution in [2.24, 2.45) is 5.73 Å². The van der Waals surface area contributed by atoms with Gasteiger partial charge in [-0.1, -0.05) is 0 Å². The first-order chi connectivity index (χ1) is 7.72. The molecule has 0 amide bonds. The minimum absolute atomic E-state index is 0.175. The van der Waals surface area contributed by atoms with Gasteiger partial charge in [-0.3, -0.25) is 0 Å². The number of aliphatic hydroxyl groups is 1. The number of benzene rings is 1. The van der Waals surface area contributed by atoms with Crippen LogP contribution in [0.3, 0.4) is 0 Å². The normalized spacial score (nSPS) is 12.2. The van der Waals surface area contributed by atoms with Crippen LogP contribution in [0.4, 0.5) is 0 Å². The first kappa shape index (κ1) is 12.8. The first-order valence-electron chi connectivity index (χ1n) is 5.50. The molecule has 0 aliphatic rings. The summed E-state index contributed by atoms with van der Waals surface area (Å²) in [6.07, 6.45) is -0.697. The molecule has 1 atom stereocenters. The quantitative estimate of drug-likeness (QED) is 0.769. The van der Waals surface area contributed by atoms with Crippen LogP contribution in [0.2, 0.25) is 0 Å². The number of rotatable bonds is 6. The lowest BCUT2D eigenvalue weighted by molar-refractivity contribution is 0.180. The van der Waals surface area contributed by atoms with Crippen LogP contribution < -0.4 is 15.2 Å². The predicted molar refractivity (Wildman–Crippen MR) is 62.8 cm³/mol.